The van der Waals surface area contributed by atoms with E-state index in [2.05, 4.69) is 15.6 Å². The first-order valence-electron chi connectivity index (χ1n) is 12.4. The second-order valence-electron chi connectivity index (χ2n) is 9.04. The van der Waals surface area contributed by atoms with Gasteiger partial charge in [0.2, 0.25) is 9.84 Å². The summed E-state index contributed by atoms with van der Waals surface area (Å²) in [6.45, 7) is 0. The van der Waals surface area contributed by atoms with E-state index in [0.717, 1.165) is 7.11 Å². The van der Waals surface area contributed by atoms with Crippen molar-refractivity contribution < 1.29 is 32.3 Å². The molecule has 1 aliphatic rings. The molecule has 1 heterocycles. The number of urea groups is 1. The first-order valence-corrected chi connectivity index (χ1v) is 14.7. The molecule has 0 aromatic heterocycles. The van der Waals surface area contributed by atoms with Gasteiger partial charge in [0.1, 0.15) is 17.2 Å². The van der Waals surface area contributed by atoms with Crippen LogP contribution in [0, 0.1) is 5.41 Å². The number of carbonyl (C=O) groups is 3. The Morgan fingerprint density at radius 2 is 1.60 bits per heavy atom. The maximum Gasteiger partial charge on any atom is 0.328 e. The van der Waals surface area contributed by atoms with Crippen LogP contribution in [0.2, 0.25) is 0 Å². The molecule has 3 aromatic rings. The summed E-state index contributed by atoms with van der Waals surface area (Å²) in [4.78, 5) is 43.4. The Bertz CT molecular complexity index is 1630. The lowest BCUT2D eigenvalue weighted by molar-refractivity contribution is -0.147. The number of amides is 2. The van der Waals surface area contributed by atoms with Crippen LogP contribution in [0.4, 0.5) is 10.5 Å². The summed E-state index contributed by atoms with van der Waals surface area (Å²) in [5, 5.41) is 3.64. The summed E-state index contributed by atoms with van der Waals surface area (Å²) < 4.78 is 37.0. The van der Waals surface area contributed by atoms with E-state index in [1.165, 1.54) is 48.8 Å². The molecule has 0 fully saturated rings. The number of hydrogen-bond donors (Lipinski definition) is 2. The number of carbonyl (C=O) groups excluding carboxylic acids is 3. The van der Waals surface area contributed by atoms with Crippen molar-refractivity contribution in [3.8, 4) is 5.75 Å². The number of benzene rings is 3. The van der Waals surface area contributed by atoms with E-state index < -0.39 is 51.1 Å². The molecule has 0 saturated carbocycles. The third kappa shape index (κ3) is 6.48. The molecule has 4 rings (SSSR count). The van der Waals surface area contributed by atoms with Crippen molar-refractivity contribution in [2.45, 2.75) is 27.6 Å². The van der Waals surface area contributed by atoms with E-state index >= 15 is 0 Å². The fourth-order valence-electron chi connectivity index (χ4n) is 4.25. The van der Waals surface area contributed by atoms with Crippen molar-refractivity contribution in [1.29, 1.82) is 0 Å². The number of para-hydroxylation sites is 2. The summed E-state index contributed by atoms with van der Waals surface area (Å²) >= 11 is 13.1. The van der Waals surface area contributed by atoms with E-state index in [9.17, 15) is 22.8 Å². The third-order valence-corrected chi connectivity index (χ3v) is 9.16. The number of methoxy groups -OCH3 is 1. The predicted octanol–water partition coefficient (Wildman–Crippen LogP) is 4.94. The minimum absolute atomic E-state index is 0.0273. The van der Waals surface area contributed by atoms with Gasteiger partial charge in [-0.25, -0.2) is 18.0 Å². The second-order valence-corrected chi connectivity index (χ2v) is 11.8. The molecule has 0 spiro atoms. The Balaban J connectivity index is 1.62. The summed E-state index contributed by atoms with van der Waals surface area (Å²) in [5.41, 5.74) is -1.89. The molecule has 42 heavy (non-hydrogen) atoms. The van der Waals surface area contributed by atoms with E-state index in [4.69, 9.17) is 32.7 Å². The maximum atomic E-state index is 13.6. The molecular formula is C29H25Cl2N3O7S. The molecule has 0 aliphatic carbocycles. The molecule has 10 nitrogen and oxygen atoms in total. The lowest BCUT2D eigenvalue weighted by Crippen LogP contribution is -2.53. The Kier molecular flexibility index (Phi) is 9.66. The summed E-state index contributed by atoms with van der Waals surface area (Å²) in [7, 11) is -2.90. The quantitative estimate of drug-likeness (QED) is 0.194. The van der Waals surface area contributed by atoms with Gasteiger partial charge in [-0.3, -0.25) is 9.79 Å². The van der Waals surface area contributed by atoms with E-state index in [1.807, 2.05) is 0 Å². The number of hydrogen-bond acceptors (Lipinski definition) is 8. The average Bonchev–Trinajstić information content (AvgIpc) is 2.99. The van der Waals surface area contributed by atoms with E-state index in [1.54, 1.807) is 48.5 Å². The van der Waals surface area contributed by atoms with Gasteiger partial charge in [0.15, 0.2) is 0 Å². The topological polar surface area (TPSA) is 140 Å². The summed E-state index contributed by atoms with van der Waals surface area (Å²) in [5.74, 6) is -1.61. The lowest BCUT2D eigenvalue weighted by Gasteiger charge is -2.36. The minimum Gasteiger partial charge on any atom is -0.467 e. The second kappa shape index (κ2) is 13.2. The number of alkyl halides is 1. The van der Waals surface area contributed by atoms with Gasteiger partial charge in [0, 0.05) is 18.8 Å². The Morgan fingerprint density at radius 3 is 2.24 bits per heavy atom. The molecule has 0 bridgehead atoms. The van der Waals surface area contributed by atoms with E-state index in [0.29, 0.717) is 0 Å². The highest BCUT2D eigenvalue weighted by molar-refractivity contribution is 7.91. The normalized spacial score (nSPS) is 18.7. The van der Waals surface area contributed by atoms with Gasteiger partial charge in [-0.2, -0.15) is 0 Å². The molecule has 2 N–H and O–H groups in total. The molecule has 218 valence electrons. The zero-order chi connectivity index (χ0) is 30.3. The standard InChI is InChI=1S/C29H25Cl2N3O7S/c1-40-26(35)22(16-29(24(30)17-32-18-25(29)31)27(36)41-19-10-4-2-5-11-19)34-28(37)33-21-14-8-9-15-23(21)42(38,39)20-12-6-3-7-13-20/h2-15,17-18,22,24H,16H2,1H3,(H2,33,34,37)/t22-,24?,29?/m0/s1. The molecular weight excluding hydrogens is 605 g/mol. The van der Waals surface area contributed by atoms with Crippen LogP contribution in [0.15, 0.2) is 111 Å². The van der Waals surface area contributed by atoms with Crippen LogP contribution in [0.1, 0.15) is 6.42 Å². The molecule has 0 radical (unpaired) electrons. The van der Waals surface area contributed by atoms with Crippen LogP contribution in [0.25, 0.3) is 0 Å². The van der Waals surface area contributed by atoms with Crippen LogP contribution in [0.3, 0.4) is 0 Å². The number of sulfone groups is 1. The Morgan fingerprint density at radius 1 is 0.976 bits per heavy atom. The van der Waals surface area contributed by atoms with Gasteiger partial charge in [-0.05, 0) is 36.4 Å². The highest BCUT2D eigenvalue weighted by Gasteiger charge is 2.53. The van der Waals surface area contributed by atoms with Gasteiger partial charge >= 0.3 is 18.0 Å². The Labute approximate surface area is 252 Å². The largest absolute Gasteiger partial charge is 0.467 e. The maximum absolute atomic E-state index is 13.6. The number of esters is 2. The monoisotopic (exact) mass is 629 g/mol. The number of ether oxygens (including phenoxy) is 2. The smallest absolute Gasteiger partial charge is 0.328 e. The Hall–Kier alpha value is -4.19. The molecule has 1 aliphatic heterocycles. The van der Waals surface area contributed by atoms with Crippen molar-refractivity contribution in [3.05, 3.63) is 96.2 Å². The molecule has 0 saturated heterocycles. The fraction of sp³-hybridized carbons (Fsp3) is 0.172. The first-order chi connectivity index (χ1) is 20.1. The van der Waals surface area contributed by atoms with Crippen molar-refractivity contribution in [2.24, 2.45) is 10.4 Å². The number of nitrogens with zero attached hydrogens (tertiary/aromatic N) is 1. The minimum atomic E-state index is -4.01. The van der Waals surface area contributed by atoms with Gasteiger partial charge in [-0.15, -0.1) is 11.6 Å². The van der Waals surface area contributed by atoms with Crippen LogP contribution in [-0.2, 0) is 24.2 Å². The van der Waals surface area contributed by atoms with E-state index in [-0.39, 0.29) is 26.3 Å². The van der Waals surface area contributed by atoms with Crippen LogP contribution in [0.5, 0.6) is 5.75 Å². The molecule has 2 unspecified atom stereocenters. The zero-order valence-corrected chi connectivity index (χ0v) is 24.4. The molecule has 3 atom stereocenters. The van der Waals surface area contributed by atoms with Crippen LogP contribution in [-0.4, -0.2) is 51.1 Å². The predicted molar refractivity (Wildman–Crippen MR) is 157 cm³/mol. The fourth-order valence-corrected chi connectivity index (χ4v) is 6.43. The molecule has 2 amide bonds. The average molecular weight is 631 g/mol. The van der Waals surface area contributed by atoms with Crippen molar-refractivity contribution in [3.63, 3.8) is 0 Å². The first kappa shape index (κ1) is 30.8. The van der Waals surface area contributed by atoms with Gasteiger partial charge in [0.25, 0.3) is 0 Å². The van der Waals surface area contributed by atoms with Gasteiger partial charge in [0.05, 0.1) is 33.0 Å². The third-order valence-electron chi connectivity index (χ3n) is 6.42. The van der Waals surface area contributed by atoms with Crippen molar-refractivity contribution in [1.82, 2.24) is 5.32 Å². The van der Waals surface area contributed by atoms with Crippen molar-refractivity contribution >= 4 is 62.9 Å². The highest BCUT2D eigenvalue weighted by atomic mass is 35.5. The highest BCUT2D eigenvalue weighted by Crippen LogP contribution is 2.44. The summed E-state index contributed by atoms with van der Waals surface area (Å²) in [6, 6.07) is 19.2. The van der Waals surface area contributed by atoms with Gasteiger partial charge < -0.3 is 20.1 Å². The number of aliphatic imine (C=N–C) groups is 1. The zero-order valence-electron chi connectivity index (χ0n) is 22.1. The van der Waals surface area contributed by atoms with Crippen molar-refractivity contribution in [2.75, 3.05) is 12.4 Å². The van der Waals surface area contributed by atoms with Gasteiger partial charge in [-0.1, -0.05) is 60.1 Å². The van der Waals surface area contributed by atoms with Crippen LogP contribution < -0.4 is 15.4 Å². The van der Waals surface area contributed by atoms with Crippen LogP contribution >= 0.6 is 23.2 Å². The lowest BCUT2D eigenvalue weighted by atomic mass is 9.77. The number of halogens is 2. The molecule has 13 heteroatoms. The molecule has 3 aromatic carbocycles. The SMILES string of the molecule is COC(=O)[C@H](CC1(C(=O)Oc2ccccc2)C(Cl)=CN=CC1Cl)NC(=O)Nc1ccccc1S(=O)(=O)c1ccccc1. The number of anilines is 1. The number of rotatable bonds is 9. The summed E-state index contributed by atoms with van der Waals surface area (Å²) in [6.07, 6.45) is 1.99. The number of nitrogens with one attached hydrogen (secondary N) is 2.